The van der Waals surface area contributed by atoms with Crippen molar-refractivity contribution in [2.75, 3.05) is 0 Å². The monoisotopic (exact) mass is 731 g/mol. The van der Waals surface area contributed by atoms with Crippen LogP contribution in [0.1, 0.15) is 6.92 Å². The van der Waals surface area contributed by atoms with Crippen LogP contribution in [0.3, 0.4) is 0 Å². The fourth-order valence-electron chi connectivity index (χ4n) is 8.65. The van der Waals surface area contributed by atoms with Crippen LogP contribution in [0.5, 0.6) is 0 Å². The topological polar surface area (TPSA) is 92.9 Å². The standard InChI is InChI=1S/C42H29N5O4S2/c1-2-43-35(44-31-17-7-3-13-27(31)39-29-15-5-9-19-33(29)46(41(39)44)37-21-11-25-52(37,48)49)23-24-36(43)45-32-18-8-4-14-28(32)40-30-16-6-10-20-34(30)47(42(40)45)38-22-12-26-53(38,50)51/h3-26H,2H2,1H3. The van der Waals surface area contributed by atoms with Crippen molar-refractivity contribution in [2.45, 2.75) is 13.5 Å². The number of hydrogen-bond donors (Lipinski definition) is 0. The summed E-state index contributed by atoms with van der Waals surface area (Å²) in [5, 5.41) is 8.75. The third-order valence-electron chi connectivity index (χ3n) is 10.7. The Labute approximate surface area is 303 Å². The van der Waals surface area contributed by atoms with Gasteiger partial charge >= 0.3 is 0 Å². The Balaban J connectivity index is 1.29. The summed E-state index contributed by atoms with van der Waals surface area (Å²) in [6.45, 7) is 2.65. The summed E-state index contributed by atoms with van der Waals surface area (Å²) >= 11 is 0. The average Bonchev–Trinajstić information content (AvgIpc) is 4.02. The summed E-state index contributed by atoms with van der Waals surface area (Å²) in [5.74, 6) is 1.68. The fourth-order valence-corrected chi connectivity index (χ4v) is 10.9. The van der Waals surface area contributed by atoms with Crippen molar-refractivity contribution in [3.05, 3.63) is 144 Å². The molecule has 0 radical (unpaired) electrons. The van der Waals surface area contributed by atoms with E-state index in [1.54, 1.807) is 24.3 Å². The molecule has 11 heteroatoms. The molecule has 0 spiro atoms. The van der Waals surface area contributed by atoms with E-state index in [1.807, 2.05) is 81.9 Å². The molecule has 5 aromatic heterocycles. The Morgan fingerprint density at radius 1 is 0.453 bits per heavy atom. The first kappa shape index (κ1) is 30.3. The molecule has 0 fully saturated rings. The van der Waals surface area contributed by atoms with Gasteiger partial charge < -0.3 is 4.57 Å². The first-order valence-corrected chi connectivity index (χ1v) is 20.4. The molecule has 0 aliphatic carbocycles. The van der Waals surface area contributed by atoms with Gasteiger partial charge in [0.1, 0.15) is 33.0 Å². The van der Waals surface area contributed by atoms with Crippen molar-refractivity contribution in [1.82, 2.24) is 22.8 Å². The molecule has 9 aromatic rings. The van der Waals surface area contributed by atoms with E-state index in [1.165, 1.54) is 10.8 Å². The van der Waals surface area contributed by atoms with Crippen LogP contribution >= 0.6 is 0 Å². The zero-order valence-electron chi connectivity index (χ0n) is 28.2. The number of sulfone groups is 2. The maximum absolute atomic E-state index is 13.6. The van der Waals surface area contributed by atoms with Crippen LogP contribution in [-0.2, 0) is 26.2 Å². The molecule has 11 rings (SSSR count). The molecule has 258 valence electrons. The number of benzene rings is 4. The number of hydrogen-bond acceptors (Lipinski definition) is 4. The minimum atomic E-state index is -3.70. The average molecular weight is 732 g/mol. The van der Waals surface area contributed by atoms with E-state index < -0.39 is 19.7 Å². The van der Waals surface area contributed by atoms with Gasteiger partial charge in [0, 0.05) is 49.7 Å². The lowest BCUT2D eigenvalue weighted by Crippen LogP contribution is -2.13. The van der Waals surface area contributed by atoms with Crippen molar-refractivity contribution in [3.8, 4) is 11.6 Å². The molecule has 0 saturated heterocycles. The second-order valence-electron chi connectivity index (χ2n) is 13.4. The molecule has 0 N–H and O–H groups in total. The number of allylic oxidation sites excluding steroid dienone is 4. The first-order valence-electron chi connectivity index (χ1n) is 17.3. The van der Waals surface area contributed by atoms with Crippen LogP contribution in [-0.4, -0.2) is 39.7 Å². The SMILES string of the molecule is CCn1c(-n2c3ccccc3c3c4ccccc4n(C4=CC=CS4(=O)=O)c32)ccc1-n1c2ccccc2c2c3ccccc3n(C3=CC=CS3(=O)=O)c21. The molecule has 0 atom stereocenters. The molecule has 9 nitrogen and oxygen atoms in total. The fraction of sp³-hybridized carbons (Fsp3) is 0.0476. The second-order valence-corrected chi connectivity index (χ2v) is 16.9. The summed E-state index contributed by atoms with van der Waals surface area (Å²) in [6.07, 6.45) is 6.50. The van der Waals surface area contributed by atoms with Crippen molar-refractivity contribution in [2.24, 2.45) is 0 Å². The number of nitrogens with zero attached hydrogens (tertiary/aromatic N) is 5. The molecule has 0 unspecified atom stereocenters. The summed E-state index contributed by atoms with van der Waals surface area (Å²) < 4.78 is 64.5. The van der Waals surface area contributed by atoms with Gasteiger partial charge in [-0.1, -0.05) is 72.8 Å². The predicted octanol–water partition coefficient (Wildman–Crippen LogP) is 9.09. The van der Waals surface area contributed by atoms with Gasteiger partial charge in [0.25, 0.3) is 0 Å². The zero-order valence-corrected chi connectivity index (χ0v) is 29.9. The molecular formula is C42H29N5O4S2. The van der Waals surface area contributed by atoms with E-state index >= 15 is 0 Å². The second kappa shape index (κ2) is 10.4. The van der Waals surface area contributed by atoms with Gasteiger partial charge in [-0.2, -0.15) is 0 Å². The maximum Gasteiger partial charge on any atom is 0.215 e. The Morgan fingerprint density at radius 2 is 0.792 bits per heavy atom. The Hall–Kier alpha value is -6.30. The van der Waals surface area contributed by atoms with Gasteiger partial charge in [-0.15, -0.1) is 0 Å². The van der Waals surface area contributed by atoms with E-state index in [2.05, 4.69) is 57.0 Å². The van der Waals surface area contributed by atoms with Crippen LogP contribution in [0, 0.1) is 0 Å². The maximum atomic E-state index is 13.6. The molecule has 2 aliphatic heterocycles. The van der Waals surface area contributed by atoms with Gasteiger partial charge in [-0.05, 0) is 67.6 Å². The van der Waals surface area contributed by atoms with Crippen molar-refractivity contribution in [3.63, 3.8) is 0 Å². The number of fused-ring (bicyclic) bond motifs is 10. The van der Waals surface area contributed by atoms with E-state index in [-0.39, 0.29) is 10.1 Å². The van der Waals surface area contributed by atoms with Crippen molar-refractivity contribution in [1.29, 1.82) is 0 Å². The molecule has 0 amide bonds. The molecule has 0 saturated carbocycles. The summed E-state index contributed by atoms with van der Waals surface area (Å²) in [6, 6.07) is 36.4. The van der Waals surface area contributed by atoms with Gasteiger partial charge in [-0.25, -0.2) is 16.8 Å². The first-order chi connectivity index (χ1) is 25.8. The third kappa shape index (κ3) is 3.84. The van der Waals surface area contributed by atoms with E-state index in [9.17, 15) is 16.8 Å². The highest BCUT2D eigenvalue weighted by molar-refractivity contribution is 8.03. The van der Waals surface area contributed by atoms with E-state index in [0.717, 1.165) is 77.3 Å². The lowest BCUT2D eigenvalue weighted by molar-refractivity contribution is 0.611. The largest absolute Gasteiger partial charge is 0.313 e. The highest BCUT2D eigenvalue weighted by Crippen LogP contribution is 2.45. The minimum absolute atomic E-state index is 0.199. The summed E-state index contributed by atoms with van der Waals surface area (Å²) in [5.41, 5.74) is 4.96. The minimum Gasteiger partial charge on any atom is -0.313 e. The van der Waals surface area contributed by atoms with Gasteiger partial charge in [0.2, 0.25) is 19.7 Å². The number of para-hydroxylation sites is 4. The Morgan fingerprint density at radius 3 is 1.11 bits per heavy atom. The molecule has 4 aromatic carbocycles. The molecule has 53 heavy (non-hydrogen) atoms. The zero-order chi connectivity index (χ0) is 35.8. The Kier molecular flexibility index (Phi) is 5.95. The van der Waals surface area contributed by atoms with Crippen LogP contribution in [0.4, 0.5) is 0 Å². The molecule has 0 bridgehead atoms. The van der Waals surface area contributed by atoms with Crippen molar-refractivity contribution >= 4 is 95.4 Å². The van der Waals surface area contributed by atoms with E-state index in [4.69, 9.17) is 0 Å². The van der Waals surface area contributed by atoms with Crippen LogP contribution in [0.2, 0.25) is 0 Å². The highest BCUT2D eigenvalue weighted by atomic mass is 32.2. The van der Waals surface area contributed by atoms with Gasteiger partial charge in [0.15, 0.2) is 0 Å². The molecule has 7 heterocycles. The van der Waals surface area contributed by atoms with Crippen LogP contribution in [0.25, 0.3) is 87.4 Å². The Bertz CT molecular complexity index is 3240. The van der Waals surface area contributed by atoms with Gasteiger partial charge in [0.05, 0.1) is 22.1 Å². The van der Waals surface area contributed by atoms with Crippen molar-refractivity contribution < 1.29 is 16.8 Å². The molecule has 2 aliphatic rings. The summed E-state index contributed by atoms with van der Waals surface area (Å²) in [7, 11) is -7.40. The molecular weight excluding hydrogens is 703 g/mol. The summed E-state index contributed by atoms with van der Waals surface area (Å²) in [4.78, 5) is 0. The van der Waals surface area contributed by atoms with E-state index in [0.29, 0.717) is 6.54 Å². The predicted molar refractivity (Wildman–Crippen MR) is 214 cm³/mol. The lowest BCUT2D eigenvalue weighted by Gasteiger charge is -2.18. The number of aromatic nitrogens is 5. The lowest BCUT2D eigenvalue weighted by atomic mass is 10.1. The number of rotatable bonds is 5. The van der Waals surface area contributed by atoms with Crippen LogP contribution in [0.15, 0.2) is 144 Å². The smallest absolute Gasteiger partial charge is 0.215 e. The van der Waals surface area contributed by atoms with Gasteiger partial charge in [-0.3, -0.25) is 18.3 Å². The van der Waals surface area contributed by atoms with Crippen LogP contribution < -0.4 is 0 Å². The normalized spacial score (nSPS) is 16.4. The highest BCUT2D eigenvalue weighted by Gasteiger charge is 2.32. The quantitative estimate of drug-likeness (QED) is 0.177. The third-order valence-corrected chi connectivity index (χ3v) is 13.5.